The molecule has 0 bridgehead atoms. The number of nitrogens with one attached hydrogen (secondary N) is 1. The molecule has 1 aromatic carbocycles. The van der Waals surface area contributed by atoms with Crippen molar-refractivity contribution in [2.75, 3.05) is 17.6 Å². The number of hydrogen-bond acceptors (Lipinski definition) is 5. The number of allylic oxidation sites excluding steroid dienone is 2. The number of likely N-dealkylation sites (tertiary alicyclic amines) is 1. The lowest BCUT2D eigenvalue weighted by molar-refractivity contribution is -0.135. The first-order valence-electron chi connectivity index (χ1n) is 12.9. The third-order valence-corrected chi connectivity index (χ3v) is 7.61. The molecule has 1 aliphatic carbocycles. The van der Waals surface area contributed by atoms with Crippen LogP contribution in [0.25, 0.3) is 27.9 Å². The van der Waals surface area contributed by atoms with E-state index in [1.165, 1.54) is 6.33 Å². The summed E-state index contributed by atoms with van der Waals surface area (Å²) in [4.78, 5) is 36.0. The van der Waals surface area contributed by atoms with Crippen LogP contribution >= 0.6 is 0 Å². The topological polar surface area (TPSA) is 106 Å². The maximum atomic E-state index is 13.2. The second-order valence-corrected chi connectivity index (χ2v) is 10.1. The van der Waals surface area contributed by atoms with Gasteiger partial charge in [-0.1, -0.05) is 30.7 Å². The molecule has 8 nitrogen and oxygen atoms in total. The van der Waals surface area contributed by atoms with Crippen molar-refractivity contribution in [3.63, 3.8) is 0 Å². The van der Waals surface area contributed by atoms with E-state index in [4.69, 9.17) is 12.2 Å². The zero-order chi connectivity index (χ0) is 27.0. The monoisotopic (exact) mass is 508 g/mol. The summed E-state index contributed by atoms with van der Waals surface area (Å²) in [5, 5.41) is 3.66. The number of aromatic nitrogens is 3. The molecule has 1 aliphatic heterocycles. The van der Waals surface area contributed by atoms with Crippen molar-refractivity contribution in [2.45, 2.75) is 45.1 Å². The fourth-order valence-corrected chi connectivity index (χ4v) is 5.60. The Morgan fingerprint density at radius 1 is 1.21 bits per heavy atom. The predicted octanol–water partition coefficient (Wildman–Crippen LogP) is 4.54. The summed E-state index contributed by atoms with van der Waals surface area (Å²) in [6.07, 6.45) is 13.3. The first-order chi connectivity index (χ1) is 18.3. The Balaban J connectivity index is 1.51. The number of rotatable bonds is 5. The Morgan fingerprint density at radius 2 is 1.97 bits per heavy atom. The van der Waals surface area contributed by atoms with Crippen LogP contribution in [-0.4, -0.2) is 43.8 Å². The highest BCUT2D eigenvalue weighted by atomic mass is 16.2. The van der Waals surface area contributed by atoms with Crippen LogP contribution in [-0.2, 0) is 16.6 Å². The Kier molecular flexibility index (Phi) is 6.77. The van der Waals surface area contributed by atoms with Crippen molar-refractivity contribution in [3.8, 4) is 23.6 Å². The van der Waals surface area contributed by atoms with Crippen LogP contribution in [0.2, 0.25) is 0 Å². The summed E-state index contributed by atoms with van der Waals surface area (Å²) in [5.74, 6) is 3.07. The predicted molar refractivity (Wildman–Crippen MR) is 151 cm³/mol. The average Bonchev–Trinajstić information content (AvgIpc) is 3.52. The minimum Gasteiger partial charge on any atom is -0.383 e. The van der Waals surface area contributed by atoms with Gasteiger partial charge in [0, 0.05) is 36.3 Å². The van der Waals surface area contributed by atoms with Gasteiger partial charge in [0.15, 0.2) is 0 Å². The molecule has 2 amide bonds. The molecular weight excluding hydrogens is 476 g/mol. The van der Waals surface area contributed by atoms with Crippen LogP contribution in [0, 0.1) is 18.3 Å². The van der Waals surface area contributed by atoms with Crippen molar-refractivity contribution in [1.82, 2.24) is 19.4 Å². The van der Waals surface area contributed by atoms with Crippen LogP contribution < -0.4 is 11.1 Å². The molecule has 1 fully saturated rings. The molecule has 0 saturated carbocycles. The van der Waals surface area contributed by atoms with Gasteiger partial charge in [0.05, 0.1) is 17.1 Å². The molecule has 1 unspecified atom stereocenters. The summed E-state index contributed by atoms with van der Waals surface area (Å²) in [6, 6.07) is 7.59. The summed E-state index contributed by atoms with van der Waals surface area (Å²) >= 11 is 0. The molecule has 3 aromatic rings. The van der Waals surface area contributed by atoms with E-state index < -0.39 is 0 Å². The van der Waals surface area contributed by atoms with Crippen LogP contribution in [0.3, 0.4) is 0 Å². The zero-order valence-corrected chi connectivity index (χ0v) is 21.8. The minimum absolute atomic E-state index is 0.0732. The molecule has 2 atom stereocenters. The number of carbonyl (C=O) groups excluding carboxylic acids is 2. The van der Waals surface area contributed by atoms with Crippen molar-refractivity contribution in [3.05, 3.63) is 54.4 Å². The quantitative estimate of drug-likeness (QED) is 0.389. The standard InChI is InChI=1S/C30H32N6O2/c1-5-23-7-6-16-36(23)30(38)21-10-8-19(9-11-21)24-25-27(31)32-17-33-28(25)35(4)26(24)20-12-14-22(15-13-20)34-29(37)18(2)3/h1,8,12-15,17,21,23H,2,6-7,9-11,16H2,3-4H3,(H,34,37)(H2,31,32,33)/t21-,23?/m1/s1. The fraction of sp³-hybridized carbons (Fsp3) is 0.333. The van der Waals surface area contributed by atoms with Gasteiger partial charge in [-0.15, -0.1) is 6.42 Å². The number of aryl methyl sites for hydroxylation is 1. The van der Waals surface area contributed by atoms with Crippen LogP contribution in [0.4, 0.5) is 11.5 Å². The third-order valence-electron chi connectivity index (χ3n) is 7.61. The SMILES string of the molecule is C#CC1CCCN1C(=O)[C@@H]1CC=C(c2c(-c3ccc(NC(=O)C(=C)C)cc3)n(C)c3ncnc(N)c23)CC1. The van der Waals surface area contributed by atoms with Gasteiger partial charge in [-0.05, 0) is 62.3 Å². The molecule has 0 spiro atoms. The van der Waals surface area contributed by atoms with Gasteiger partial charge >= 0.3 is 0 Å². The summed E-state index contributed by atoms with van der Waals surface area (Å²) < 4.78 is 2.03. The van der Waals surface area contributed by atoms with E-state index in [2.05, 4.69) is 33.9 Å². The number of nitrogen functional groups attached to an aromatic ring is 1. The van der Waals surface area contributed by atoms with E-state index in [9.17, 15) is 9.59 Å². The molecule has 38 heavy (non-hydrogen) atoms. The average molecular weight is 509 g/mol. The van der Waals surface area contributed by atoms with E-state index in [1.54, 1.807) is 6.92 Å². The summed E-state index contributed by atoms with van der Waals surface area (Å²) in [7, 11) is 1.97. The molecule has 8 heteroatoms. The molecule has 5 rings (SSSR count). The molecule has 194 valence electrons. The number of fused-ring (bicyclic) bond motifs is 1. The van der Waals surface area contributed by atoms with E-state index in [-0.39, 0.29) is 23.8 Å². The van der Waals surface area contributed by atoms with Gasteiger partial charge in [0.25, 0.3) is 5.91 Å². The number of amides is 2. The second-order valence-electron chi connectivity index (χ2n) is 10.1. The van der Waals surface area contributed by atoms with Crippen molar-refractivity contribution < 1.29 is 9.59 Å². The number of anilines is 2. The molecule has 2 aliphatic rings. The second kappa shape index (κ2) is 10.2. The van der Waals surface area contributed by atoms with Crippen molar-refractivity contribution >= 4 is 39.9 Å². The highest BCUT2D eigenvalue weighted by Gasteiger charge is 2.34. The van der Waals surface area contributed by atoms with Gasteiger partial charge in [-0.3, -0.25) is 9.59 Å². The van der Waals surface area contributed by atoms with Gasteiger partial charge in [-0.25, -0.2) is 9.97 Å². The van der Waals surface area contributed by atoms with Crippen LogP contribution in [0.1, 0.15) is 44.6 Å². The number of terminal acetylenes is 1. The largest absolute Gasteiger partial charge is 0.383 e. The number of carbonyl (C=O) groups is 2. The first kappa shape index (κ1) is 25.3. The minimum atomic E-state index is -0.218. The fourth-order valence-electron chi connectivity index (χ4n) is 5.60. The summed E-state index contributed by atoms with van der Waals surface area (Å²) in [6.45, 7) is 6.10. The Morgan fingerprint density at radius 3 is 2.63 bits per heavy atom. The molecule has 3 N–H and O–H groups in total. The summed E-state index contributed by atoms with van der Waals surface area (Å²) in [5.41, 5.74) is 12.3. The Hall–Kier alpha value is -4.38. The maximum Gasteiger partial charge on any atom is 0.250 e. The molecular formula is C30H32N6O2. The van der Waals surface area contributed by atoms with Crippen molar-refractivity contribution in [1.29, 1.82) is 0 Å². The van der Waals surface area contributed by atoms with Crippen LogP contribution in [0.5, 0.6) is 0 Å². The smallest absolute Gasteiger partial charge is 0.250 e. The lowest BCUT2D eigenvalue weighted by atomic mass is 9.84. The number of nitrogens with zero attached hydrogens (tertiary/aromatic N) is 4. The Labute approximate surface area is 222 Å². The molecule has 0 radical (unpaired) electrons. The molecule has 2 aromatic heterocycles. The normalized spacial score (nSPS) is 19.2. The van der Waals surface area contributed by atoms with Crippen LogP contribution in [0.15, 0.2) is 48.8 Å². The van der Waals surface area contributed by atoms with E-state index >= 15 is 0 Å². The van der Waals surface area contributed by atoms with E-state index in [1.807, 2.05) is 40.8 Å². The molecule has 1 saturated heterocycles. The van der Waals surface area contributed by atoms with E-state index in [0.717, 1.165) is 65.7 Å². The van der Waals surface area contributed by atoms with E-state index in [0.29, 0.717) is 23.5 Å². The lowest BCUT2D eigenvalue weighted by Crippen LogP contribution is -2.39. The van der Waals surface area contributed by atoms with Gasteiger partial charge in [-0.2, -0.15) is 0 Å². The lowest BCUT2D eigenvalue weighted by Gasteiger charge is -2.28. The number of benzene rings is 1. The Bertz CT molecular complexity index is 1510. The van der Waals surface area contributed by atoms with Gasteiger partial charge < -0.3 is 20.5 Å². The van der Waals surface area contributed by atoms with Gasteiger partial charge in [0.1, 0.15) is 17.8 Å². The maximum absolute atomic E-state index is 13.2. The number of hydrogen-bond donors (Lipinski definition) is 2. The van der Waals surface area contributed by atoms with Gasteiger partial charge in [0.2, 0.25) is 5.91 Å². The zero-order valence-electron chi connectivity index (χ0n) is 21.8. The highest BCUT2D eigenvalue weighted by Crippen LogP contribution is 2.43. The molecule has 3 heterocycles. The number of nitrogens with two attached hydrogens (primary N) is 1. The van der Waals surface area contributed by atoms with Crippen molar-refractivity contribution in [2.24, 2.45) is 13.0 Å². The highest BCUT2D eigenvalue weighted by molar-refractivity contribution is 6.05. The first-order valence-corrected chi connectivity index (χ1v) is 12.9. The third kappa shape index (κ3) is 4.45.